The summed E-state index contributed by atoms with van der Waals surface area (Å²) in [4.78, 5) is 19.9. The summed E-state index contributed by atoms with van der Waals surface area (Å²) in [6.45, 7) is 4.44. The molecule has 160 valence electrons. The van der Waals surface area contributed by atoms with Gasteiger partial charge in [0, 0.05) is 32.1 Å². The number of oxime groups is 1. The molecule has 0 N–H and O–H groups in total. The fourth-order valence-corrected chi connectivity index (χ4v) is 3.78. The van der Waals surface area contributed by atoms with E-state index in [2.05, 4.69) is 10.3 Å². The lowest BCUT2D eigenvalue weighted by Gasteiger charge is -2.20. The van der Waals surface area contributed by atoms with Gasteiger partial charge in [0.25, 0.3) is 5.91 Å². The van der Waals surface area contributed by atoms with E-state index in [1.165, 1.54) is 12.1 Å². The molecule has 0 bridgehead atoms. The van der Waals surface area contributed by atoms with Gasteiger partial charge in [-0.3, -0.25) is 4.79 Å². The summed E-state index contributed by atoms with van der Waals surface area (Å²) in [5.41, 5.74) is 5.71. The van der Waals surface area contributed by atoms with E-state index in [0.717, 1.165) is 33.9 Å². The van der Waals surface area contributed by atoms with Crippen LogP contribution < -0.4 is 0 Å². The van der Waals surface area contributed by atoms with Crippen molar-refractivity contribution in [2.75, 3.05) is 7.05 Å². The van der Waals surface area contributed by atoms with Crippen LogP contribution in [0.15, 0.2) is 59.8 Å². The van der Waals surface area contributed by atoms with Crippen molar-refractivity contribution in [2.45, 2.75) is 39.3 Å². The number of benzene rings is 2. The van der Waals surface area contributed by atoms with E-state index in [9.17, 15) is 9.18 Å². The topological polar surface area (TPSA) is 59.7 Å². The number of rotatable bonds is 6. The maximum Gasteiger partial charge on any atom is 0.266 e. The van der Waals surface area contributed by atoms with E-state index in [0.29, 0.717) is 19.4 Å². The first-order valence-electron chi connectivity index (χ1n) is 10.2. The van der Waals surface area contributed by atoms with Gasteiger partial charge in [-0.2, -0.15) is 5.10 Å². The molecule has 1 aromatic heterocycles. The largest absolute Gasteiger partial charge is 0.382 e. The number of hydrogen-bond acceptors (Lipinski definition) is 4. The number of carbonyl (C=O) groups is 1. The van der Waals surface area contributed by atoms with Crippen LogP contribution in [-0.4, -0.2) is 39.5 Å². The predicted molar refractivity (Wildman–Crippen MR) is 117 cm³/mol. The second-order valence-electron chi connectivity index (χ2n) is 7.96. The van der Waals surface area contributed by atoms with Gasteiger partial charge in [0.15, 0.2) is 0 Å². The molecule has 3 aromatic rings. The molecular weight excluding hydrogens is 395 g/mol. The molecule has 7 heteroatoms. The van der Waals surface area contributed by atoms with Crippen molar-refractivity contribution < 1.29 is 14.0 Å². The van der Waals surface area contributed by atoms with Crippen molar-refractivity contribution in [1.29, 1.82) is 0 Å². The van der Waals surface area contributed by atoms with Crippen molar-refractivity contribution in [1.82, 2.24) is 14.7 Å². The zero-order valence-electron chi connectivity index (χ0n) is 17.9. The molecule has 2 heterocycles. The third kappa shape index (κ3) is 4.82. The number of nitrogens with zero attached hydrogens (tertiary/aromatic N) is 4. The minimum atomic E-state index is -0.625. The molecule has 4 rings (SSSR count). The molecule has 0 radical (unpaired) electrons. The van der Waals surface area contributed by atoms with Gasteiger partial charge in [0.2, 0.25) is 6.10 Å². The van der Waals surface area contributed by atoms with E-state index in [1.807, 2.05) is 48.9 Å². The highest BCUT2D eigenvalue weighted by Gasteiger charge is 2.30. The number of amides is 1. The van der Waals surface area contributed by atoms with Crippen LogP contribution >= 0.6 is 0 Å². The lowest BCUT2D eigenvalue weighted by atomic mass is 10.0. The van der Waals surface area contributed by atoms with Crippen LogP contribution in [0.3, 0.4) is 0 Å². The zero-order chi connectivity index (χ0) is 22.0. The summed E-state index contributed by atoms with van der Waals surface area (Å²) in [6.07, 6.45) is 0.352. The van der Waals surface area contributed by atoms with E-state index >= 15 is 0 Å². The lowest BCUT2D eigenvalue weighted by Crippen LogP contribution is -2.36. The summed E-state index contributed by atoms with van der Waals surface area (Å²) >= 11 is 0. The Labute approximate surface area is 180 Å². The Balaban J connectivity index is 1.36. The number of halogens is 1. The molecule has 0 saturated heterocycles. The van der Waals surface area contributed by atoms with Crippen molar-refractivity contribution in [3.8, 4) is 5.69 Å². The number of likely N-dealkylation sites (N-methyl/N-ethyl adjacent to an activating group) is 1. The maximum atomic E-state index is 13.1. The number of aromatic nitrogens is 2. The molecule has 1 aliphatic rings. The van der Waals surface area contributed by atoms with Gasteiger partial charge in [-0.1, -0.05) is 29.4 Å². The quantitative estimate of drug-likeness (QED) is 0.606. The minimum absolute atomic E-state index is 0.116. The molecule has 0 saturated carbocycles. The average molecular weight is 420 g/mol. The van der Waals surface area contributed by atoms with Crippen LogP contribution in [0.25, 0.3) is 5.69 Å². The first-order chi connectivity index (χ1) is 14.9. The summed E-state index contributed by atoms with van der Waals surface area (Å²) in [7, 11) is 1.76. The van der Waals surface area contributed by atoms with E-state index < -0.39 is 6.10 Å². The van der Waals surface area contributed by atoms with Crippen LogP contribution in [0, 0.1) is 19.7 Å². The first kappa shape index (κ1) is 20.8. The van der Waals surface area contributed by atoms with Gasteiger partial charge in [-0.05, 0) is 55.3 Å². The average Bonchev–Trinajstić information content (AvgIpc) is 3.35. The minimum Gasteiger partial charge on any atom is -0.382 e. The van der Waals surface area contributed by atoms with E-state index in [-0.39, 0.29) is 11.7 Å². The van der Waals surface area contributed by atoms with Crippen molar-refractivity contribution >= 4 is 11.6 Å². The van der Waals surface area contributed by atoms with Crippen molar-refractivity contribution in [3.05, 3.63) is 82.9 Å². The number of hydrogen-bond donors (Lipinski definition) is 0. The van der Waals surface area contributed by atoms with Crippen LogP contribution in [0.4, 0.5) is 4.39 Å². The third-order valence-electron chi connectivity index (χ3n) is 5.29. The number of carbonyl (C=O) groups excluding carboxylic acids is 1. The van der Waals surface area contributed by atoms with Gasteiger partial charge in [-0.25, -0.2) is 9.07 Å². The molecule has 0 unspecified atom stereocenters. The maximum absolute atomic E-state index is 13.1. The molecular formula is C24H25FN4O2. The molecule has 1 amide bonds. The van der Waals surface area contributed by atoms with Crippen LogP contribution in [0.1, 0.15) is 28.9 Å². The molecule has 31 heavy (non-hydrogen) atoms. The first-order valence-corrected chi connectivity index (χ1v) is 10.2. The molecule has 0 aliphatic carbocycles. The summed E-state index contributed by atoms with van der Waals surface area (Å²) in [6, 6.07) is 16.3. The molecule has 1 aliphatic heterocycles. The summed E-state index contributed by atoms with van der Waals surface area (Å²) in [5, 5.41) is 8.60. The highest BCUT2D eigenvalue weighted by molar-refractivity contribution is 5.93. The monoisotopic (exact) mass is 420 g/mol. The highest BCUT2D eigenvalue weighted by Crippen LogP contribution is 2.19. The van der Waals surface area contributed by atoms with Gasteiger partial charge in [0.05, 0.1) is 17.1 Å². The van der Waals surface area contributed by atoms with Gasteiger partial charge < -0.3 is 9.74 Å². The van der Waals surface area contributed by atoms with E-state index in [1.54, 1.807) is 24.1 Å². The molecule has 1 atom stereocenters. The Morgan fingerprint density at radius 1 is 1.16 bits per heavy atom. The Hall–Kier alpha value is -3.48. The predicted octanol–water partition coefficient (Wildman–Crippen LogP) is 3.97. The Morgan fingerprint density at radius 2 is 1.94 bits per heavy atom. The molecule has 2 aromatic carbocycles. The molecule has 0 spiro atoms. The van der Waals surface area contributed by atoms with Crippen LogP contribution in [0.5, 0.6) is 0 Å². The second kappa shape index (κ2) is 8.71. The Bertz CT molecular complexity index is 1120. The van der Waals surface area contributed by atoms with Gasteiger partial charge >= 0.3 is 0 Å². The smallest absolute Gasteiger partial charge is 0.266 e. The fourth-order valence-electron chi connectivity index (χ4n) is 3.78. The van der Waals surface area contributed by atoms with Crippen LogP contribution in [0.2, 0.25) is 0 Å². The normalized spacial score (nSPS) is 15.5. The SMILES string of the molecule is Cc1cc(C)n(-c2cccc(CN(C)C(=O)[C@H]3CC(Cc4ccc(F)cc4)=NO3)c2)n1. The standard InChI is InChI=1S/C24H25FN4O2/c1-16-11-17(2)29(26-16)22-6-4-5-19(13-22)15-28(3)24(30)23-14-21(27-31-23)12-18-7-9-20(25)10-8-18/h4-11,13,23H,12,14-15H2,1-3H3/t23-/m1/s1. The zero-order valence-corrected chi connectivity index (χ0v) is 17.9. The van der Waals surface area contributed by atoms with Gasteiger partial charge in [0.1, 0.15) is 5.82 Å². The lowest BCUT2D eigenvalue weighted by molar-refractivity contribution is -0.141. The Kier molecular flexibility index (Phi) is 5.84. The Morgan fingerprint density at radius 3 is 2.65 bits per heavy atom. The van der Waals surface area contributed by atoms with Gasteiger partial charge in [-0.15, -0.1) is 0 Å². The highest BCUT2D eigenvalue weighted by atomic mass is 19.1. The molecule has 0 fully saturated rings. The third-order valence-corrected chi connectivity index (χ3v) is 5.29. The summed E-state index contributed by atoms with van der Waals surface area (Å²) in [5.74, 6) is -0.390. The fraction of sp³-hybridized carbons (Fsp3) is 0.292. The van der Waals surface area contributed by atoms with Crippen LogP contribution in [-0.2, 0) is 22.6 Å². The van der Waals surface area contributed by atoms with Crippen molar-refractivity contribution in [2.24, 2.45) is 5.16 Å². The second-order valence-corrected chi connectivity index (χ2v) is 7.96. The van der Waals surface area contributed by atoms with Crippen molar-refractivity contribution in [3.63, 3.8) is 0 Å². The molecule has 6 nitrogen and oxygen atoms in total. The summed E-state index contributed by atoms with van der Waals surface area (Å²) < 4.78 is 15.0. The number of aryl methyl sites for hydroxylation is 2. The van der Waals surface area contributed by atoms with E-state index in [4.69, 9.17) is 4.84 Å².